The highest BCUT2D eigenvalue weighted by molar-refractivity contribution is 5.93. The van der Waals surface area contributed by atoms with Gasteiger partial charge in [-0.1, -0.05) is 0 Å². The van der Waals surface area contributed by atoms with Crippen LogP contribution in [-0.2, 0) is 9.47 Å². The molecule has 122 valence electrons. The van der Waals surface area contributed by atoms with Gasteiger partial charge in [0.05, 0.1) is 18.3 Å². The molecule has 0 fully saturated rings. The van der Waals surface area contributed by atoms with Crippen LogP contribution in [0.3, 0.4) is 0 Å². The van der Waals surface area contributed by atoms with Crippen molar-refractivity contribution in [1.29, 1.82) is 0 Å². The smallest absolute Gasteiger partial charge is 0.407 e. The fourth-order valence-corrected chi connectivity index (χ4v) is 1.56. The number of aromatic nitrogens is 1. The lowest BCUT2D eigenvalue weighted by atomic mass is 10.3. The molecule has 0 spiro atoms. The highest BCUT2D eigenvalue weighted by Crippen LogP contribution is 1.94. The minimum absolute atomic E-state index is 0.125. The predicted octanol–water partition coefficient (Wildman–Crippen LogP) is 1.35. The zero-order valence-corrected chi connectivity index (χ0v) is 13.0. The molecule has 0 bridgehead atoms. The molecule has 22 heavy (non-hydrogen) atoms. The molecule has 0 aliphatic heterocycles. The summed E-state index contributed by atoms with van der Waals surface area (Å²) in [5.74, 6) is -0.171. The lowest BCUT2D eigenvalue weighted by Crippen LogP contribution is -2.29. The van der Waals surface area contributed by atoms with E-state index in [1.165, 1.54) is 6.20 Å². The van der Waals surface area contributed by atoms with E-state index in [9.17, 15) is 9.59 Å². The van der Waals surface area contributed by atoms with E-state index in [0.29, 0.717) is 38.3 Å². The van der Waals surface area contributed by atoms with Crippen molar-refractivity contribution in [2.45, 2.75) is 26.4 Å². The van der Waals surface area contributed by atoms with Crippen molar-refractivity contribution in [2.24, 2.45) is 0 Å². The Bertz CT molecular complexity index is 451. The molecule has 0 aromatic carbocycles. The standard InChI is InChI=1S/C15H23N3O4/c1-12(2)22-15(20)18-7-4-9-21-10-8-17-14(19)13-5-3-6-16-11-13/h3,5-6,11-12H,4,7-10H2,1-2H3,(H,17,19)(H,18,20). The van der Waals surface area contributed by atoms with E-state index in [-0.39, 0.29) is 12.0 Å². The molecular formula is C15H23N3O4. The van der Waals surface area contributed by atoms with Gasteiger partial charge in [-0.3, -0.25) is 9.78 Å². The molecule has 0 radical (unpaired) electrons. The Morgan fingerprint density at radius 2 is 2.05 bits per heavy atom. The van der Waals surface area contributed by atoms with Gasteiger partial charge in [0.2, 0.25) is 0 Å². The number of carbonyl (C=O) groups excluding carboxylic acids is 2. The minimum Gasteiger partial charge on any atom is -0.447 e. The van der Waals surface area contributed by atoms with E-state index in [1.807, 2.05) is 0 Å². The monoisotopic (exact) mass is 309 g/mol. The maximum atomic E-state index is 11.7. The summed E-state index contributed by atoms with van der Waals surface area (Å²) in [6, 6.07) is 3.41. The number of rotatable bonds is 9. The summed E-state index contributed by atoms with van der Waals surface area (Å²) in [6.07, 6.45) is 3.27. The van der Waals surface area contributed by atoms with Gasteiger partial charge in [-0.25, -0.2) is 4.79 Å². The number of pyridine rings is 1. The van der Waals surface area contributed by atoms with Crippen molar-refractivity contribution in [3.8, 4) is 0 Å². The van der Waals surface area contributed by atoms with Gasteiger partial charge in [0, 0.05) is 32.1 Å². The van der Waals surface area contributed by atoms with Crippen LogP contribution < -0.4 is 10.6 Å². The van der Waals surface area contributed by atoms with E-state index < -0.39 is 6.09 Å². The summed E-state index contributed by atoms with van der Waals surface area (Å²) < 4.78 is 10.3. The van der Waals surface area contributed by atoms with E-state index in [4.69, 9.17) is 9.47 Å². The third-order valence-electron chi connectivity index (χ3n) is 2.53. The van der Waals surface area contributed by atoms with Crippen LogP contribution in [0.25, 0.3) is 0 Å². The normalized spacial score (nSPS) is 10.3. The molecule has 0 saturated carbocycles. The Morgan fingerprint density at radius 1 is 1.23 bits per heavy atom. The van der Waals surface area contributed by atoms with Crippen LogP contribution in [0.4, 0.5) is 4.79 Å². The van der Waals surface area contributed by atoms with Crippen molar-refractivity contribution in [3.63, 3.8) is 0 Å². The Balaban J connectivity index is 1.96. The summed E-state index contributed by atoms with van der Waals surface area (Å²) in [5.41, 5.74) is 0.523. The molecule has 0 aliphatic rings. The first-order valence-corrected chi connectivity index (χ1v) is 7.30. The quantitative estimate of drug-likeness (QED) is 0.672. The van der Waals surface area contributed by atoms with Gasteiger partial charge < -0.3 is 20.1 Å². The van der Waals surface area contributed by atoms with Gasteiger partial charge >= 0.3 is 6.09 Å². The number of hydrogen-bond donors (Lipinski definition) is 2. The molecule has 7 heteroatoms. The predicted molar refractivity (Wildman–Crippen MR) is 81.6 cm³/mol. The first-order chi connectivity index (χ1) is 10.6. The molecule has 1 rings (SSSR count). The fraction of sp³-hybridized carbons (Fsp3) is 0.533. The maximum Gasteiger partial charge on any atom is 0.407 e. The number of ether oxygens (including phenoxy) is 2. The lowest BCUT2D eigenvalue weighted by molar-refractivity contribution is 0.0907. The Kier molecular flexibility index (Phi) is 8.59. The third kappa shape index (κ3) is 8.21. The average Bonchev–Trinajstić information content (AvgIpc) is 2.49. The van der Waals surface area contributed by atoms with E-state index in [1.54, 1.807) is 32.2 Å². The van der Waals surface area contributed by atoms with E-state index >= 15 is 0 Å². The molecule has 1 aromatic rings. The number of carbonyl (C=O) groups is 2. The second kappa shape index (κ2) is 10.6. The molecule has 0 atom stereocenters. The summed E-state index contributed by atoms with van der Waals surface area (Å²) in [6.45, 7) is 5.43. The molecule has 0 saturated heterocycles. The SMILES string of the molecule is CC(C)OC(=O)NCCCOCCNC(=O)c1cccnc1. The van der Waals surface area contributed by atoms with E-state index in [2.05, 4.69) is 15.6 Å². The summed E-state index contributed by atoms with van der Waals surface area (Å²) in [7, 11) is 0. The van der Waals surface area contributed by atoms with Crippen molar-refractivity contribution < 1.29 is 19.1 Å². The summed E-state index contributed by atoms with van der Waals surface area (Å²) in [4.78, 5) is 26.7. The Labute approximate surface area is 130 Å². The summed E-state index contributed by atoms with van der Waals surface area (Å²) in [5, 5.41) is 5.36. The number of hydrogen-bond acceptors (Lipinski definition) is 5. The second-order valence-electron chi connectivity index (χ2n) is 4.84. The van der Waals surface area contributed by atoms with Crippen LogP contribution in [0.5, 0.6) is 0 Å². The van der Waals surface area contributed by atoms with Crippen molar-refractivity contribution >= 4 is 12.0 Å². The van der Waals surface area contributed by atoms with Crippen LogP contribution in [0, 0.1) is 0 Å². The van der Waals surface area contributed by atoms with Gasteiger partial charge in [0.25, 0.3) is 5.91 Å². The molecule has 2 amide bonds. The minimum atomic E-state index is -0.418. The second-order valence-corrected chi connectivity index (χ2v) is 4.84. The summed E-state index contributed by atoms with van der Waals surface area (Å²) >= 11 is 0. The Hall–Kier alpha value is -2.15. The van der Waals surface area contributed by atoms with Crippen LogP contribution in [0.2, 0.25) is 0 Å². The third-order valence-corrected chi connectivity index (χ3v) is 2.53. The van der Waals surface area contributed by atoms with Crippen molar-refractivity contribution in [2.75, 3.05) is 26.3 Å². The molecule has 2 N–H and O–H groups in total. The molecule has 0 unspecified atom stereocenters. The van der Waals surface area contributed by atoms with Gasteiger partial charge in [0.1, 0.15) is 0 Å². The van der Waals surface area contributed by atoms with Crippen molar-refractivity contribution in [1.82, 2.24) is 15.6 Å². The van der Waals surface area contributed by atoms with E-state index in [0.717, 1.165) is 0 Å². The van der Waals surface area contributed by atoms with Crippen LogP contribution in [0.15, 0.2) is 24.5 Å². The molecule has 1 aromatic heterocycles. The van der Waals surface area contributed by atoms with Gasteiger partial charge in [-0.05, 0) is 32.4 Å². The highest BCUT2D eigenvalue weighted by Gasteiger charge is 2.04. The van der Waals surface area contributed by atoms with Gasteiger partial charge in [-0.15, -0.1) is 0 Å². The molecule has 1 heterocycles. The molecule has 0 aliphatic carbocycles. The highest BCUT2D eigenvalue weighted by atomic mass is 16.6. The number of nitrogens with one attached hydrogen (secondary N) is 2. The topological polar surface area (TPSA) is 89.5 Å². The van der Waals surface area contributed by atoms with Crippen LogP contribution in [-0.4, -0.2) is 49.4 Å². The van der Waals surface area contributed by atoms with Crippen LogP contribution >= 0.6 is 0 Å². The maximum absolute atomic E-state index is 11.7. The zero-order valence-electron chi connectivity index (χ0n) is 13.0. The zero-order chi connectivity index (χ0) is 16.2. The molecular weight excluding hydrogens is 286 g/mol. The number of alkyl carbamates (subject to hydrolysis) is 1. The molecule has 7 nitrogen and oxygen atoms in total. The number of amides is 2. The first kappa shape index (κ1) is 17.9. The van der Waals surface area contributed by atoms with Crippen LogP contribution in [0.1, 0.15) is 30.6 Å². The largest absolute Gasteiger partial charge is 0.447 e. The Morgan fingerprint density at radius 3 is 2.73 bits per heavy atom. The first-order valence-electron chi connectivity index (χ1n) is 7.30. The van der Waals surface area contributed by atoms with Gasteiger partial charge in [0.15, 0.2) is 0 Å². The average molecular weight is 309 g/mol. The van der Waals surface area contributed by atoms with Crippen molar-refractivity contribution in [3.05, 3.63) is 30.1 Å². The fourth-order valence-electron chi connectivity index (χ4n) is 1.56. The number of nitrogens with zero attached hydrogens (tertiary/aromatic N) is 1. The lowest BCUT2D eigenvalue weighted by Gasteiger charge is -2.09. The van der Waals surface area contributed by atoms with Gasteiger partial charge in [-0.2, -0.15) is 0 Å².